The summed E-state index contributed by atoms with van der Waals surface area (Å²) in [7, 11) is 1.51. The second-order valence-corrected chi connectivity index (χ2v) is 9.57. The van der Waals surface area contributed by atoms with E-state index in [1.165, 1.54) is 67.9 Å². The molecule has 2 N–H and O–H groups in total. The largest absolute Gasteiger partial charge is 0.497 e. The van der Waals surface area contributed by atoms with E-state index in [1.54, 1.807) is 36.4 Å². The van der Waals surface area contributed by atoms with Gasteiger partial charge in [0.1, 0.15) is 17.2 Å². The molecule has 0 saturated heterocycles. The second kappa shape index (κ2) is 14.6. The smallest absolute Gasteiger partial charge is 0.343 e. The lowest BCUT2D eigenvalue weighted by Gasteiger charge is -2.11. The number of hydrogen-bond acceptors (Lipinski definition) is 8. The number of carbonyl (C=O) groups excluding carboxylic acids is 4. The lowest BCUT2D eigenvalue weighted by Crippen LogP contribution is -2.34. The third-order valence-corrected chi connectivity index (χ3v) is 6.22. The molecule has 4 aromatic carbocycles. The molecule has 0 aliphatic rings. The Balaban J connectivity index is 1.44. The molecule has 2 amide bonds. The molecule has 0 radical (unpaired) electrons. The molecule has 0 heterocycles. The molecule has 4 rings (SSSR count). The molecular weight excluding hydrogens is 597 g/mol. The van der Waals surface area contributed by atoms with Crippen LogP contribution in [-0.4, -0.2) is 43.6 Å². The Morgan fingerprint density at radius 1 is 0.721 bits per heavy atom. The highest BCUT2D eigenvalue weighted by Crippen LogP contribution is 2.26. The van der Waals surface area contributed by atoms with Crippen molar-refractivity contribution in [3.05, 3.63) is 123 Å². The predicted molar refractivity (Wildman–Crippen MR) is 160 cm³/mol. The van der Waals surface area contributed by atoms with Crippen LogP contribution in [-0.2, 0) is 4.79 Å². The number of hydrazone groups is 1. The van der Waals surface area contributed by atoms with E-state index in [2.05, 4.69) is 15.8 Å². The maximum Gasteiger partial charge on any atom is 0.343 e. The lowest BCUT2D eigenvalue weighted by molar-refractivity contribution is -0.120. The van der Waals surface area contributed by atoms with Gasteiger partial charge in [0, 0.05) is 27.2 Å². The molecule has 43 heavy (non-hydrogen) atoms. The number of carbonyl (C=O) groups is 4. The van der Waals surface area contributed by atoms with Crippen LogP contribution in [0, 0.1) is 0 Å². The Morgan fingerprint density at radius 3 is 1.84 bits per heavy atom. The summed E-state index contributed by atoms with van der Waals surface area (Å²) < 4.78 is 16.0. The molecule has 0 unspecified atom stereocenters. The number of esters is 2. The summed E-state index contributed by atoms with van der Waals surface area (Å²) in [6.45, 7) is -0.347. The highest BCUT2D eigenvalue weighted by atomic mass is 35.5. The Hall–Kier alpha value is -5.19. The van der Waals surface area contributed by atoms with Crippen molar-refractivity contribution < 1.29 is 33.4 Å². The van der Waals surface area contributed by atoms with Crippen LogP contribution in [0.2, 0.25) is 10.0 Å². The van der Waals surface area contributed by atoms with E-state index >= 15 is 0 Å². The minimum absolute atomic E-state index is 0.00726. The monoisotopic (exact) mass is 619 g/mol. The van der Waals surface area contributed by atoms with E-state index in [0.717, 1.165) is 0 Å². The lowest BCUT2D eigenvalue weighted by atomic mass is 10.2. The van der Waals surface area contributed by atoms with Gasteiger partial charge < -0.3 is 19.5 Å². The van der Waals surface area contributed by atoms with Crippen molar-refractivity contribution in [2.75, 3.05) is 13.7 Å². The topological polar surface area (TPSA) is 132 Å². The van der Waals surface area contributed by atoms with Crippen molar-refractivity contribution in [2.45, 2.75) is 0 Å². The van der Waals surface area contributed by atoms with Crippen LogP contribution in [0.5, 0.6) is 17.2 Å². The standard InChI is InChI=1S/C31H23Cl2N3O7/c1-41-25-13-6-19(7-14-25)29(38)34-18-28(37)36-35-17-22-8-15-26(42-30(39)20-2-9-23(32)10-3-20)16-27(22)43-31(40)21-4-11-24(33)12-5-21/h2-17H,18H2,1H3,(H,34,38)(H,36,37)/b35-17+. The van der Waals surface area contributed by atoms with Crippen LogP contribution in [0.15, 0.2) is 96.1 Å². The fourth-order valence-electron chi connectivity index (χ4n) is 3.49. The Bertz CT molecular complexity index is 1660. The molecule has 4 aromatic rings. The molecule has 0 spiro atoms. The summed E-state index contributed by atoms with van der Waals surface area (Å²) >= 11 is 11.8. The van der Waals surface area contributed by atoms with E-state index in [9.17, 15) is 19.2 Å². The molecule has 0 saturated carbocycles. The molecule has 218 valence electrons. The third-order valence-electron chi connectivity index (χ3n) is 5.71. The van der Waals surface area contributed by atoms with E-state index in [1.807, 2.05) is 0 Å². The van der Waals surface area contributed by atoms with Crippen molar-refractivity contribution >= 4 is 53.2 Å². The van der Waals surface area contributed by atoms with Crippen LogP contribution < -0.4 is 25.0 Å². The summed E-state index contributed by atoms with van der Waals surface area (Å²) in [5, 5.41) is 7.28. The minimum atomic E-state index is -0.710. The van der Waals surface area contributed by atoms with Gasteiger partial charge in [0.15, 0.2) is 0 Å². The third kappa shape index (κ3) is 8.90. The first-order chi connectivity index (χ1) is 20.7. The van der Waals surface area contributed by atoms with E-state index in [0.29, 0.717) is 21.4 Å². The number of ether oxygens (including phenoxy) is 3. The normalized spacial score (nSPS) is 10.6. The van der Waals surface area contributed by atoms with E-state index in [-0.39, 0.29) is 34.7 Å². The first kappa shape index (κ1) is 30.8. The second-order valence-electron chi connectivity index (χ2n) is 8.70. The molecule has 0 aliphatic carbocycles. The van der Waals surface area contributed by atoms with E-state index in [4.69, 9.17) is 37.4 Å². The minimum Gasteiger partial charge on any atom is -0.497 e. The van der Waals surface area contributed by atoms with Crippen molar-refractivity contribution in [3.8, 4) is 17.2 Å². The predicted octanol–water partition coefficient (Wildman–Crippen LogP) is 5.32. The van der Waals surface area contributed by atoms with Gasteiger partial charge in [-0.3, -0.25) is 9.59 Å². The van der Waals surface area contributed by atoms with Gasteiger partial charge in [-0.2, -0.15) is 5.10 Å². The molecule has 0 atom stereocenters. The number of rotatable bonds is 10. The quantitative estimate of drug-likeness (QED) is 0.106. The SMILES string of the molecule is COc1ccc(C(=O)NCC(=O)N/N=C/c2ccc(OC(=O)c3ccc(Cl)cc3)cc2OC(=O)c2ccc(Cl)cc2)cc1. The average molecular weight is 620 g/mol. The first-order valence-corrected chi connectivity index (χ1v) is 13.3. The van der Waals surface area contributed by atoms with Crippen LogP contribution >= 0.6 is 23.2 Å². The summed E-state index contributed by atoms with van der Waals surface area (Å²) in [5.74, 6) is -1.76. The summed E-state index contributed by atoms with van der Waals surface area (Å²) in [5.41, 5.74) is 3.39. The van der Waals surface area contributed by atoms with Gasteiger partial charge in [-0.25, -0.2) is 15.0 Å². The van der Waals surface area contributed by atoms with Crippen molar-refractivity contribution in [1.82, 2.24) is 10.7 Å². The van der Waals surface area contributed by atoms with Crippen molar-refractivity contribution in [1.29, 1.82) is 0 Å². The van der Waals surface area contributed by atoms with Gasteiger partial charge in [0.2, 0.25) is 0 Å². The molecule has 12 heteroatoms. The zero-order valence-corrected chi connectivity index (χ0v) is 24.0. The Labute approximate surface area is 256 Å². The van der Waals surface area contributed by atoms with E-state index < -0.39 is 23.8 Å². The molecule has 0 bridgehead atoms. The highest BCUT2D eigenvalue weighted by Gasteiger charge is 2.15. The zero-order chi connectivity index (χ0) is 30.8. The van der Waals surface area contributed by atoms with Crippen LogP contribution in [0.3, 0.4) is 0 Å². The molecule has 0 fully saturated rings. The number of nitrogens with one attached hydrogen (secondary N) is 2. The number of amides is 2. The van der Waals surface area contributed by atoms with Crippen molar-refractivity contribution in [2.24, 2.45) is 5.10 Å². The Morgan fingerprint density at radius 2 is 1.26 bits per heavy atom. The number of benzene rings is 4. The van der Waals surface area contributed by atoms with Gasteiger partial charge in [-0.15, -0.1) is 0 Å². The molecule has 10 nitrogen and oxygen atoms in total. The molecule has 0 aromatic heterocycles. The van der Waals surface area contributed by atoms with Gasteiger partial charge in [-0.05, 0) is 84.9 Å². The number of hydrogen-bond donors (Lipinski definition) is 2. The van der Waals surface area contributed by atoms with Gasteiger partial charge in [0.25, 0.3) is 11.8 Å². The fourth-order valence-corrected chi connectivity index (χ4v) is 3.74. The maximum atomic E-state index is 12.8. The average Bonchev–Trinajstić information content (AvgIpc) is 3.01. The first-order valence-electron chi connectivity index (χ1n) is 12.6. The van der Waals surface area contributed by atoms with Crippen LogP contribution in [0.25, 0.3) is 0 Å². The maximum absolute atomic E-state index is 12.8. The Kier molecular flexibility index (Phi) is 10.5. The van der Waals surface area contributed by atoms with Gasteiger partial charge >= 0.3 is 11.9 Å². The summed E-state index contributed by atoms with van der Waals surface area (Å²) in [6, 6.07) is 22.8. The number of methoxy groups -OCH3 is 1. The van der Waals surface area contributed by atoms with Crippen LogP contribution in [0.1, 0.15) is 36.6 Å². The molecule has 0 aliphatic heterocycles. The highest BCUT2D eigenvalue weighted by molar-refractivity contribution is 6.31. The summed E-state index contributed by atoms with van der Waals surface area (Å²) in [6.07, 6.45) is 1.23. The van der Waals surface area contributed by atoms with Crippen LogP contribution in [0.4, 0.5) is 0 Å². The summed E-state index contributed by atoms with van der Waals surface area (Å²) in [4.78, 5) is 49.9. The zero-order valence-electron chi connectivity index (χ0n) is 22.5. The van der Waals surface area contributed by atoms with Gasteiger partial charge in [-0.1, -0.05) is 23.2 Å². The van der Waals surface area contributed by atoms with Crippen molar-refractivity contribution in [3.63, 3.8) is 0 Å². The van der Waals surface area contributed by atoms with Gasteiger partial charge in [0.05, 0.1) is 31.0 Å². The number of nitrogens with zero attached hydrogens (tertiary/aromatic N) is 1. The number of halogens is 2. The molecular formula is C31H23Cl2N3O7. The fraction of sp³-hybridized carbons (Fsp3) is 0.0645.